The lowest BCUT2D eigenvalue weighted by atomic mass is 9.96. The van der Waals surface area contributed by atoms with Gasteiger partial charge >= 0.3 is 6.18 Å². The number of hydrogen-bond donors (Lipinski definition) is 0. The zero-order valence-corrected chi connectivity index (χ0v) is 8.31. The summed E-state index contributed by atoms with van der Waals surface area (Å²) < 4.78 is 37.6. The predicted molar refractivity (Wildman–Crippen MR) is 50.5 cm³/mol. The van der Waals surface area contributed by atoms with Gasteiger partial charge in [0.25, 0.3) is 0 Å². The molecular weight excluding hydrogens is 227 g/mol. The molecule has 0 aliphatic heterocycles. The number of alkyl halides is 4. The smallest absolute Gasteiger partial charge is 0.198 e. The molecule has 1 rings (SSSR count). The summed E-state index contributed by atoms with van der Waals surface area (Å²) in [5, 5.41) is 8.67. The number of halogens is 4. The average molecular weight is 234 g/mol. The zero-order valence-electron chi connectivity index (χ0n) is 7.55. The van der Waals surface area contributed by atoms with Crippen molar-refractivity contribution in [3.8, 4) is 6.07 Å². The number of benzene rings is 1. The van der Waals surface area contributed by atoms with E-state index in [4.69, 9.17) is 16.9 Å². The minimum Gasteiger partial charge on any atom is -0.198 e. The lowest BCUT2D eigenvalue weighted by Gasteiger charge is -2.14. The molecule has 0 bridgehead atoms. The van der Waals surface area contributed by atoms with E-state index < -0.39 is 17.7 Å². The quantitative estimate of drug-likeness (QED) is 0.717. The number of nitrogens with zero attached hydrogens (tertiary/aromatic N) is 1. The van der Waals surface area contributed by atoms with Crippen molar-refractivity contribution in [3.05, 3.63) is 35.4 Å². The summed E-state index contributed by atoms with van der Waals surface area (Å²) in [5.41, 5.74) is -0.861. The van der Waals surface area contributed by atoms with Crippen LogP contribution >= 0.6 is 11.6 Å². The normalized spacial score (nSPS) is 13.3. The van der Waals surface area contributed by atoms with Crippen LogP contribution < -0.4 is 0 Å². The van der Waals surface area contributed by atoms with Crippen molar-refractivity contribution in [1.29, 1.82) is 5.26 Å². The molecule has 0 fully saturated rings. The van der Waals surface area contributed by atoms with E-state index in [1.165, 1.54) is 18.2 Å². The van der Waals surface area contributed by atoms with Gasteiger partial charge < -0.3 is 0 Å². The van der Waals surface area contributed by atoms with Gasteiger partial charge in [-0.3, -0.25) is 0 Å². The Labute approximate surface area is 90.1 Å². The molecule has 5 heteroatoms. The second-order valence-electron chi connectivity index (χ2n) is 2.92. The van der Waals surface area contributed by atoms with Gasteiger partial charge in [-0.05, 0) is 11.6 Å². The molecule has 1 atom stereocenters. The van der Waals surface area contributed by atoms with Crippen LogP contribution in [-0.2, 0) is 6.18 Å². The van der Waals surface area contributed by atoms with Crippen LogP contribution in [0.3, 0.4) is 0 Å². The van der Waals surface area contributed by atoms with Crippen molar-refractivity contribution in [2.24, 2.45) is 0 Å². The monoisotopic (exact) mass is 233 g/mol. The Kier molecular flexibility index (Phi) is 3.59. The van der Waals surface area contributed by atoms with Crippen LogP contribution in [0.1, 0.15) is 17.0 Å². The first kappa shape index (κ1) is 11.9. The SMILES string of the molecule is N#CC(CCl)c1ccccc1C(F)(F)F. The summed E-state index contributed by atoms with van der Waals surface area (Å²) in [6.07, 6.45) is -4.45. The fourth-order valence-electron chi connectivity index (χ4n) is 1.25. The first-order valence-electron chi connectivity index (χ1n) is 4.12. The first-order valence-corrected chi connectivity index (χ1v) is 4.66. The maximum Gasteiger partial charge on any atom is 0.416 e. The van der Waals surface area contributed by atoms with Crippen LogP contribution in [0, 0.1) is 11.3 Å². The highest BCUT2D eigenvalue weighted by Gasteiger charge is 2.34. The molecule has 0 N–H and O–H groups in total. The van der Waals surface area contributed by atoms with Crippen LogP contribution in [0.4, 0.5) is 13.2 Å². The third kappa shape index (κ3) is 2.63. The van der Waals surface area contributed by atoms with E-state index in [-0.39, 0.29) is 11.4 Å². The van der Waals surface area contributed by atoms with E-state index in [0.29, 0.717) is 0 Å². The highest BCUT2D eigenvalue weighted by atomic mass is 35.5. The highest BCUT2D eigenvalue weighted by molar-refractivity contribution is 6.18. The molecule has 0 saturated carbocycles. The van der Waals surface area contributed by atoms with Crippen LogP contribution in [0.2, 0.25) is 0 Å². The van der Waals surface area contributed by atoms with E-state index in [1.54, 1.807) is 6.07 Å². The number of rotatable bonds is 2. The second-order valence-corrected chi connectivity index (χ2v) is 3.23. The van der Waals surface area contributed by atoms with Crippen molar-refractivity contribution in [2.45, 2.75) is 12.1 Å². The van der Waals surface area contributed by atoms with Gasteiger partial charge in [-0.15, -0.1) is 11.6 Å². The van der Waals surface area contributed by atoms with E-state index >= 15 is 0 Å². The number of hydrogen-bond acceptors (Lipinski definition) is 1. The summed E-state index contributed by atoms with van der Waals surface area (Å²) in [4.78, 5) is 0. The summed E-state index contributed by atoms with van der Waals surface area (Å²) >= 11 is 5.43. The Hall–Kier alpha value is -1.21. The van der Waals surface area contributed by atoms with Gasteiger partial charge in [-0.2, -0.15) is 18.4 Å². The molecule has 80 valence electrons. The molecule has 0 radical (unpaired) electrons. The van der Waals surface area contributed by atoms with Gasteiger partial charge in [0.05, 0.1) is 17.6 Å². The van der Waals surface area contributed by atoms with Crippen LogP contribution in [0.25, 0.3) is 0 Å². The number of nitriles is 1. The second kappa shape index (κ2) is 4.54. The standard InChI is InChI=1S/C10H7ClF3N/c11-5-7(6-15)8-3-1-2-4-9(8)10(12,13)14/h1-4,7H,5H2. The summed E-state index contributed by atoms with van der Waals surface area (Å²) in [6, 6.07) is 6.72. The fourth-order valence-corrected chi connectivity index (χ4v) is 1.48. The maximum absolute atomic E-state index is 12.5. The fraction of sp³-hybridized carbons (Fsp3) is 0.300. The van der Waals surface area contributed by atoms with Gasteiger partial charge in [0.1, 0.15) is 0 Å². The third-order valence-corrected chi connectivity index (χ3v) is 2.26. The molecule has 1 nitrogen and oxygen atoms in total. The van der Waals surface area contributed by atoms with Gasteiger partial charge in [0.2, 0.25) is 0 Å². The van der Waals surface area contributed by atoms with Crippen LogP contribution in [-0.4, -0.2) is 5.88 Å². The molecule has 0 saturated heterocycles. The van der Waals surface area contributed by atoms with Crippen molar-refractivity contribution in [1.82, 2.24) is 0 Å². The molecule has 0 aromatic heterocycles. The lowest BCUT2D eigenvalue weighted by molar-refractivity contribution is -0.138. The lowest BCUT2D eigenvalue weighted by Crippen LogP contribution is -2.12. The van der Waals surface area contributed by atoms with E-state index in [9.17, 15) is 13.2 Å². The minimum atomic E-state index is -4.45. The van der Waals surface area contributed by atoms with Crippen molar-refractivity contribution in [3.63, 3.8) is 0 Å². The van der Waals surface area contributed by atoms with Gasteiger partial charge in [0.15, 0.2) is 0 Å². The predicted octanol–water partition coefficient (Wildman–Crippen LogP) is 3.55. The molecule has 1 aromatic carbocycles. The average Bonchev–Trinajstić information content (AvgIpc) is 2.19. The minimum absolute atomic E-state index is 0.0671. The van der Waals surface area contributed by atoms with Crippen LogP contribution in [0.15, 0.2) is 24.3 Å². The Morgan fingerprint density at radius 3 is 2.40 bits per heavy atom. The van der Waals surface area contributed by atoms with Gasteiger partial charge in [-0.25, -0.2) is 0 Å². The Bertz CT molecular complexity index is 381. The summed E-state index contributed by atoms with van der Waals surface area (Å²) in [6.45, 7) is 0. The van der Waals surface area contributed by atoms with Crippen LogP contribution in [0.5, 0.6) is 0 Å². The Morgan fingerprint density at radius 1 is 1.33 bits per heavy atom. The van der Waals surface area contributed by atoms with E-state index in [2.05, 4.69) is 0 Å². The van der Waals surface area contributed by atoms with Gasteiger partial charge in [0, 0.05) is 5.88 Å². The largest absolute Gasteiger partial charge is 0.416 e. The molecule has 0 heterocycles. The van der Waals surface area contributed by atoms with Crippen molar-refractivity contribution < 1.29 is 13.2 Å². The topological polar surface area (TPSA) is 23.8 Å². The highest BCUT2D eigenvalue weighted by Crippen LogP contribution is 2.35. The summed E-state index contributed by atoms with van der Waals surface area (Å²) in [5.74, 6) is -1.08. The Balaban J connectivity index is 3.24. The molecule has 15 heavy (non-hydrogen) atoms. The molecule has 0 spiro atoms. The molecular formula is C10H7ClF3N. The molecule has 0 amide bonds. The van der Waals surface area contributed by atoms with Gasteiger partial charge in [-0.1, -0.05) is 18.2 Å². The first-order chi connectivity index (χ1) is 7.00. The van der Waals surface area contributed by atoms with Crippen molar-refractivity contribution in [2.75, 3.05) is 5.88 Å². The molecule has 0 aliphatic carbocycles. The molecule has 1 unspecified atom stereocenters. The zero-order chi connectivity index (χ0) is 11.5. The van der Waals surface area contributed by atoms with Crippen molar-refractivity contribution >= 4 is 11.6 Å². The maximum atomic E-state index is 12.5. The summed E-state index contributed by atoms with van der Waals surface area (Å²) in [7, 11) is 0. The molecule has 0 aliphatic rings. The third-order valence-electron chi connectivity index (χ3n) is 1.95. The van der Waals surface area contributed by atoms with E-state index in [0.717, 1.165) is 6.07 Å². The molecule has 1 aromatic rings. The van der Waals surface area contributed by atoms with E-state index in [1.807, 2.05) is 0 Å². The Morgan fingerprint density at radius 2 is 1.93 bits per heavy atom.